The number of ether oxygens (including phenoxy) is 1. The number of rotatable bonds is 1. The van der Waals surface area contributed by atoms with Crippen LogP contribution in [0.25, 0.3) is 10.9 Å². The van der Waals surface area contributed by atoms with Crippen LogP contribution in [-0.4, -0.2) is 34.9 Å². The van der Waals surface area contributed by atoms with Crippen molar-refractivity contribution in [1.82, 2.24) is 9.88 Å². The van der Waals surface area contributed by atoms with E-state index in [1.165, 1.54) is 14.0 Å². The van der Waals surface area contributed by atoms with E-state index in [2.05, 4.69) is 4.98 Å². The number of aromatic amines is 1. The molecule has 1 aliphatic rings. The third-order valence-electron chi connectivity index (χ3n) is 3.88. The summed E-state index contributed by atoms with van der Waals surface area (Å²) >= 11 is 0. The molecule has 0 unspecified atom stereocenters. The zero-order chi connectivity index (χ0) is 14.3. The smallest absolute Gasteiger partial charge is 0.328 e. The molecule has 0 radical (unpaired) electrons. The fourth-order valence-corrected chi connectivity index (χ4v) is 2.89. The van der Waals surface area contributed by atoms with Crippen molar-refractivity contribution in [3.05, 3.63) is 35.5 Å². The fraction of sp³-hybridized carbons (Fsp3) is 0.333. The summed E-state index contributed by atoms with van der Waals surface area (Å²) in [5.74, 6) is -0.485. The van der Waals surface area contributed by atoms with Crippen LogP contribution in [0.3, 0.4) is 0 Å². The van der Waals surface area contributed by atoms with E-state index in [0.717, 1.165) is 22.2 Å². The maximum atomic E-state index is 11.9. The summed E-state index contributed by atoms with van der Waals surface area (Å²) in [4.78, 5) is 28.6. The molecular formula is C15H16N2O3. The van der Waals surface area contributed by atoms with Crippen LogP contribution in [-0.2, 0) is 27.3 Å². The molecule has 2 heterocycles. The molecule has 5 nitrogen and oxygen atoms in total. The first-order valence-corrected chi connectivity index (χ1v) is 6.55. The van der Waals surface area contributed by atoms with Gasteiger partial charge in [0.1, 0.15) is 6.04 Å². The van der Waals surface area contributed by atoms with Gasteiger partial charge in [0.15, 0.2) is 0 Å². The average Bonchev–Trinajstić information content (AvgIpc) is 2.82. The molecule has 0 fully saturated rings. The van der Waals surface area contributed by atoms with E-state index in [1.807, 2.05) is 24.3 Å². The second-order valence-electron chi connectivity index (χ2n) is 5.02. The number of hydrogen-bond donors (Lipinski definition) is 1. The number of methoxy groups -OCH3 is 1. The van der Waals surface area contributed by atoms with Gasteiger partial charge in [0.25, 0.3) is 0 Å². The van der Waals surface area contributed by atoms with Crippen LogP contribution in [0.15, 0.2) is 24.3 Å². The van der Waals surface area contributed by atoms with Gasteiger partial charge in [-0.05, 0) is 11.6 Å². The van der Waals surface area contributed by atoms with Crippen molar-refractivity contribution in [1.29, 1.82) is 0 Å². The van der Waals surface area contributed by atoms with Crippen molar-refractivity contribution in [3.8, 4) is 0 Å². The molecule has 0 bridgehead atoms. The second kappa shape index (κ2) is 4.67. The molecule has 1 N–H and O–H groups in total. The van der Waals surface area contributed by atoms with E-state index in [-0.39, 0.29) is 11.9 Å². The van der Waals surface area contributed by atoms with Gasteiger partial charge in [-0.1, -0.05) is 18.2 Å². The van der Waals surface area contributed by atoms with Crippen molar-refractivity contribution >= 4 is 22.8 Å². The molecule has 2 aromatic rings. The minimum Gasteiger partial charge on any atom is -0.467 e. The van der Waals surface area contributed by atoms with Crippen LogP contribution < -0.4 is 0 Å². The summed E-state index contributed by atoms with van der Waals surface area (Å²) in [6.07, 6.45) is 0.492. The number of aromatic nitrogens is 1. The van der Waals surface area contributed by atoms with Gasteiger partial charge in [0, 0.05) is 29.9 Å². The Kier molecular flexibility index (Phi) is 2.97. The Hall–Kier alpha value is -2.30. The number of nitrogens with zero attached hydrogens (tertiary/aromatic N) is 1. The molecular weight excluding hydrogens is 256 g/mol. The van der Waals surface area contributed by atoms with E-state index >= 15 is 0 Å². The largest absolute Gasteiger partial charge is 0.467 e. The Labute approximate surface area is 116 Å². The molecule has 0 spiro atoms. The highest BCUT2D eigenvalue weighted by atomic mass is 16.5. The van der Waals surface area contributed by atoms with Gasteiger partial charge < -0.3 is 14.6 Å². The third-order valence-corrected chi connectivity index (χ3v) is 3.88. The number of carbonyl (C=O) groups is 2. The van der Waals surface area contributed by atoms with Crippen molar-refractivity contribution < 1.29 is 14.3 Å². The van der Waals surface area contributed by atoms with E-state index in [9.17, 15) is 9.59 Å². The molecule has 0 saturated carbocycles. The molecule has 3 rings (SSSR count). The Balaban J connectivity index is 2.09. The Bertz CT molecular complexity index is 689. The highest BCUT2D eigenvalue weighted by Gasteiger charge is 2.35. The first-order chi connectivity index (χ1) is 9.61. The SMILES string of the molecule is COC(=O)[C@H]1Cc2c([nH]c3ccccc23)CN1C(C)=O. The maximum Gasteiger partial charge on any atom is 0.328 e. The summed E-state index contributed by atoms with van der Waals surface area (Å²) in [5.41, 5.74) is 3.14. The number of para-hydroxylation sites is 1. The zero-order valence-corrected chi connectivity index (χ0v) is 11.5. The molecule has 5 heteroatoms. The quantitative estimate of drug-likeness (QED) is 0.802. The molecule has 1 aromatic heterocycles. The van der Waals surface area contributed by atoms with Gasteiger partial charge in [0.2, 0.25) is 5.91 Å². The van der Waals surface area contributed by atoms with Crippen molar-refractivity contribution in [3.63, 3.8) is 0 Å². The minimum absolute atomic E-state index is 0.121. The predicted molar refractivity (Wildman–Crippen MR) is 74.0 cm³/mol. The summed E-state index contributed by atoms with van der Waals surface area (Å²) in [7, 11) is 1.35. The number of esters is 1. The zero-order valence-electron chi connectivity index (χ0n) is 11.5. The van der Waals surface area contributed by atoms with Crippen LogP contribution in [0, 0.1) is 0 Å². The van der Waals surface area contributed by atoms with Crippen LogP contribution in [0.5, 0.6) is 0 Å². The highest BCUT2D eigenvalue weighted by molar-refractivity contribution is 5.89. The van der Waals surface area contributed by atoms with E-state index < -0.39 is 6.04 Å². The molecule has 1 aliphatic heterocycles. The fourth-order valence-electron chi connectivity index (χ4n) is 2.89. The maximum absolute atomic E-state index is 11.9. The number of nitrogens with one attached hydrogen (secondary N) is 1. The molecule has 104 valence electrons. The van der Waals surface area contributed by atoms with Crippen LogP contribution in [0.1, 0.15) is 18.2 Å². The Morgan fingerprint density at radius 2 is 2.10 bits per heavy atom. The molecule has 1 atom stereocenters. The number of amides is 1. The molecule has 20 heavy (non-hydrogen) atoms. The van der Waals surface area contributed by atoms with Crippen molar-refractivity contribution in [2.45, 2.75) is 25.9 Å². The number of fused-ring (bicyclic) bond motifs is 3. The molecule has 0 saturated heterocycles. The number of benzene rings is 1. The van der Waals surface area contributed by atoms with Gasteiger partial charge in [0.05, 0.1) is 13.7 Å². The van der Waals surface area contributed by atoms with Gasteiger partial charge >= 0.3 is 5.97 Å². The summed E-state index contributed by atoms with van der Waals surface area (Å²) in [6, 6.07) is 7.43. The van der Waals surface area contributed by atoms with Gasteiger partial charge in [-0.25, -0.2) is 4.79 Å². The normalized spacial score (nSPS) is 17.9. The minimum atomic E-state index is -0.538. The molecule has 0 aliphatic carbocycles. The van der Waals surface area contributed by atoms with Gasteiger partial charge in [-0.15, -0.1) is 0 Å². The number of H-pyrrole nitrogens is 1. The first kappa shape index (κ1) is 12.7. The summed E-state index contributed by atoms with van der Waals surface area (Å²) in [5, 5.41) is 1.11. The van der Waals surface area contributed by atoms with Crippen LogP contribution in [0.2, 0.25) is 0 Å². The number of hydrogen-bond acceptors (Lipinski definition) is 3. The monoisotopic (exact) mass is 272 g/mol. The summed E-state index contributed by atoms with van der Waals surface area (Å²) in [6.45, 7) is 1.89. The van der Waals surface area contributed by atoms with Crippen LogP contribution >= 0.6 is 0 Å². The predicted octanol–water partition coefficient (Wildman–Crippen LogP) is 1.61. The first-order valence-electron chi connectivity index (χ1n) is 6.55. The summed E-state index contributed by atoms with van der Waals surface area (Å²) < 4.78 is 4.83. The topological polar surface area (TPSA) is 62.4 Å². The standard InChI is InChI=1S/C15H16N2O3/c1-9(18)17-8-13-11(7-14(17)15(19)20-2)10-5-3-4-6-12(10)16-13/h3-6,14,16H,7-8H2,1-2H3/t14-/m1/s1. The second-order valence-corrected chi connectivity index (χ2v) is 5.02. The van der Waals surface area contributed by atoms with E-state index in [1.54, 1.807) is 4.90 Å². The lowest BCUT2D eigenvalue weighted by Crippen LogP contribution is -2.48. The van der Waals surface area contributed by atoms with Crippen molar-refractivity contribution in [2.75, 3.05) is 7.11 Å². The Morgan fingerprint density at radius 3 is 2.80 bits per heavy atom. The van der Waals surface area contributed by atoms with Crippen LogP contribution in [0.4, 0.5) is 0 Å². The van der Waals surface area contributed by atoms with Gasteiger partial charge in [-0.3, -0.25) is 4.79 Å². The molecule has 1 amide bonds. The van der Waals surface area contributed by atoms with Gasteiger partial charge in [-0.2, -0.15) is 0 Å². The lowest BCUT2D eigenvalue weighted by molar-refractivity contribution is -0.153. The average molecular weight is 272 g/mol. The molecule has 1 aromatic carbocycles. The highest BCUT2D eigenvalue weighted by Crippen LogP contribution is 2.30. The third kappa shape index (κ3) is 1.86. The Morgan fingerprint density at radius 1 is 1.35 bits per heavy atom. The lowest BCUT2D eigenvalue weighted by Gasteiger charge is -2.33. The lowest BCUT2D eigenvalue weighted by atomic mass is 9.96. The van der Waals surface area contributed by atoms with E-state index in [4.69, 9.17) is 4.74 Å². The van der Waals surface area contributed by atoms with Crippen molar-refractivity contribution in [2.24, 2.45) is 0 Å². The number of carbonyl (C=O) groups excluding carboxylic acids is 2. The van der Waals surface area contributed by atoms with E-state index in [0.29, 0.717) is 13.0 Å².